The number of aromatic nitrogens is 2. The van der Waals surface area contributed by atoms with Crippen LogP contribution in [0.3, 0.4) is 0 Å². The number of benzene rings is 1. The third-order valence-corrected chi connectivity index (χ3v) is 3.24. The lowest BCUT2D eigenvalue weighted by Crippen LogP contribution is -1.96. The molecule has 1 aromatic carbocycles. The number of hydrogen-bond donors (Lipinski definition) is 0. The molecule has 0 amide bonds. The van der Waals surface area contributed by atoms with E-state index in [0.29, 0.717) is 28.5 Å². The quantitative estimate of drug-likeness (QED) is 0.777. The molecule has 3 nitrogen and oxygen atoms in total. The molecular weight excluding hydrogens is 290 g/mol. The molecule has 0 aliphatic heterocycles. The fourth-order valence-corrected chi connectivity index (χ4v) is 1.95. The van der Waals surface area contributed by atoms with Crippen LogP contribution in [0, 0.1) is 5.82 Å². The maximum Gasteiger partial charge on any atom is 0.224 e. The average molecular weight is 299 g/mol. The summed E-state index contributed by atoms with van der Waals surface area (Å²) in [6.45, 7) is 0. The van der Waals surface area contributed by atoms with E-state index in [1.165, 1.54) is 18.2 Å². The van der Waals surface area contributed by atoms with Crippen LogP contribution in [-0.4, -0.2) is 9.97 Å². The highest BCUT2D eigenvalue weighted by Gasteiger charge is 2.27. The van der Waals surface area contributed by atoms with E-state index >= 15 is 0 Å². The Balaban J connectivity index is 1.87. The van der Waals surface area contributed by atoms with Gasteiger partial charge in [0.05, 0.1) is 5.02 Å². The van der Waals surface area contributed by atoms with Crippen molar-refractivity contribution in [2.45, 2.75) is 18.8 Å². The summed E-state index contributed by atoms with van der Waals surface area (Å²) in [5.41, 5.74) is 0. The molecule has 1 saturated carbocycles. The van der Waals surface area contributed by atoms with E-state index in [1.807, 2.05) is 0 Å². The molecule has 98 valence electrons. The van der Waals surface area contributed by atoms with Crippen molar-refractivity contribution in [1.82, 2.24) is 9.97 Å². The predicted molar refractivity (Wildman–Crippen MR) is 70.5 cm³/mol. The average Bonchev–Trinajstić information content (AvgIpc) is 3.17. The van der Waals surface area contributed by atoms with Crippen molar-refractivity contribution in [3.63, 3.8) is 0 Å². The first kappa shape index (κ1) is 12.6. The standard InChI is InChI=1S/C13H9Cl2FN2O/c14-9-4-3-8(5-10(9)16)19-12-6-11(15)17-13(18-12)7-1-2-7/h3-7H,1-2H2. The summed E-state index contributed by atoms with van der Waals surface area (Å²) in [7, 11) is 0. The summed E-state index contributed by atoms with van der Waals surface area (Å²) in [5.74, 6) is 1.13. The topological polar surface area (TPSA) is 35.0 Å². The summed E-state index contributed by atoms with van der Waals surface area (Å²) in [4.78, 5) is 8.42. The van der Waals surface area contributed by atoms with Crippen molar-refractivity contribution in [3.8, 4) is 11.6 Å². The lowest BCUT2D eigenvalue weighted by atomic mass is 10.3. The molecule has 0 atom stereocenters. The van der Waals surface area contributed by atoms with Gasteiger partial charge in [-0.1, -0.05) is 23.2 Å². The van der Waals surface area contributed by atoms with Gasteiger partial charge in [-0.15, -0.1) is 0 Å². The highest BCUT2D eigenvalue weighted by Crippen LogP contribution is 2.39. The van der Waals surface area contributed by atoms with Gasteiger partial charge in [0.1, 0.15) is 22.5 Å². The van der Waals surface area contributed by atoms with Gasteiger partial charge in [-0.25, -0.2) is 9.37 Å². The lowest BCUT2D eigenvalue weighted by molar-refractivity contribution is 0.454. The van der Waals surface area contributed by atoms with Crippen molar-refractivity contribution in [2.75, 3.05) is 0 Å². The molecular formula is C13H9Cl2FN2O. The molecule has 0 N–H and O–H groups in total. The maximum absolute atomic E-state index is 13.3. The highest BCUT2D eigenvalue weighted by molar-refractivity contribution is 6.30. The van der Waals surface area contributed by atoms with Crippen LogP contribution in [0.15, 0.2) is 24.3 Å². The number of ether oxygens (including phenoxy) is 1. The van der Waals surface area contributed by atoms with Gasteiger partial charge in [0.15, 0.2) is 0 Å². The maximum atomic E-state index is 13.3. The fourth-order valence-electron chi connectivity index (χ4n) is 1.65. The van der Waals surface area contributed by atoms with Crippen LogP contribution >= 0.6 is 23.2 Å². The number of hydrogen-bond acceptors (Lipinski definition) is 3. The fraction of sp³-hybridized carbons (Fsp3) is 0.231. The second-order valence-electron chi connectivity index (χ2n) is 4.34. The minimum atomic E-state index is -0.540. The Kier molecular flexibility index (Phi) is 3.29. The van der Waals surface area contributed by atoms with Crippen molar-refractivity contribution in [3.05, 3.63) is 46.1 Å². The monoisotopic (exact) mass is 298 g/mol. The molecule has 1 aliphatic rings. The third-order valence-electron chi connectivity index (χ3n) is 2.74. The second-order valence-corrected chi connectivity index (χ2v) is 5.13. The Labute approximate surface area is 119 Å². The Hall–Kier alpha value is -1.39. The van der Waals surface area contributed by atoms with Gasteiger partial charge in [-0.3, -0.25) is 0 Å². The molecule has 6 heteroatoms. The van der Waals surface area contributed by atoms with Crippen LogP contribution in [0.25, 0.3) is 0 Å². The Bertz CT molecular complexity index is 632. The number of nitrogens with zero attached hydrogens (tertiary/aromatic N) is 2. The van der Waals surface area contributed by atoms with Crippen molar-refractivity contribution in [1.29, 1.82) is 0 Å². The van der Waals surface area contributed by atoms with Crippen molar-refractivity contribution >= 4 is 23.2 Å². The lowest BCUT2D eigenvalue weighted by Gasteiger charge is -2.07. The van der Waals surface area contributed by atoms with Crippen LogP contribution in [0.2, 0.25) is 10.2 Å². The van der Waals surface area contributed by atoms with Crippen molar-refractivity contribution in [2.24, 2.45) is 0 Å². The molecule has 19 heavy (non-hydrogen) atoms. The summed E-state index contributed by atoms with van der Waals surface area (Å²) >= 11 is 11.5. The van der Waals surface area contributed by atoms with Crippen LogP contribution in [-0.2, 0) is 0 Å². The zero-order valence-electron chi connectivity index (χ0n) is 9.74. The first-order chi connectivity index (χ1) is 9.11. The van der Waals surface area contributed by atoms with Crippen molar-refractivity contribution < 1.29 is 9.13 Å². The Morgan fingerprint density at radius 2 is 1.95 bits per heavy atom. The number of rotatable bonds is 3. The summed E-state index contributed by atoms with van der Waals surface area (Å²) in [6, 6.07) is 5.70. The summed E-state index contributed by atoms with van der Waals surface area (Å²) in [5, 5.41) is 0.369. The molecule has 0 saturated heterocycles. The third kappa shape index (κ3) is 2.96. The predicted octanol–water partition coefficient (Wildman–Crippen LogP) is 4.59. The van der Waals surface area contributed by atoms with Crippen LogP contribution < -0.4 is 4.74 Å². The van der Waals surface area contributed by atoms with Gasteiger partial charge >= 0.3 is 0 Å². The van der Waals surface area contributed by atoms with Gasteiger partial charge in [0.25, 0.3) is 0 Å². The zero-order chi connectivity index (χ0) is 13.4. The van der Waals surface area contributed by atoms with Gasteiger partial charge < -0.3 is 4.74 Å². The van der Waals surface area contributed by atoms with Crippen LogP contribution in [0.5, 0.6) is 11.6 Å². The Morgan fingerprint density at radius 3 is 2.63 bits per heavy atom. The molecule has 0 unspecified atom stereocenters. The van der Waals surface area contributed by atoms with E-state index in [9.17, 15) is 4.39 Å². The summed E-state index contributed by atoms with van der Waals surface area (Å²) in [6.07, 6.45) is 2.13. The van der Waals surface area contributed by atoms with E-state index in [4.69, 9.17) is 27.9 Å². The molecule has 1 fully saturated rings. The van der Waals surface area contributed by atoms with E-state index in [1.54, 1.807) is 6.07 Å². The molecule has 2 aromatic rings. The number of halogens is 3. The van der Waals surface area contributed by atoms with E-state index in [2.05, 4.69) is 9.97 Å². The van der Waals surface area contributed by atoms with E-state index < -0.39 is 5.82 Å². The molecule has 0 spiro atoms. The van der Waals surface area contributed by atoms with Gasteiger partial charge in [-0.05, 0) is 25.0 Å². The SMILES string of the molecule is Fc1cc(Oc2cc(Cl)nc(C3CC3)n2)ccc1Cl. The van der Waals surface area contributed by atoms with E-state index in [-0.39, 0.29) is 5.02 Å². The first-order valence-corrected chi connectivity index (χ1v) is 6.55. The largest absolute Gasteiger partial charge is 0.439 e. The van der Waals surface area contributed by atoms with E-state index in [0.717, 1.165) is 12.8 Å². The zero-order valence-corrected chi connectivity index (χ0v) is 11.2. The highest BCUT2D eigenvalue weighted by atomic mass is 35.5. The molecule has 0 bridgehead atoms. The minimum Gasteiger partial charge on any atom is -0.439 e. The molecule has 1 aliphatic carbocycles. The minimum absolute atomic E-state index is 0.0479. The molecule has 0 radical (unpaired) electrons. The second kappa shape index (κ2) is 4.94. The Morgan fingerprint density at radius 1 is 1.16 bits per heavy atom. The molecule has 3 rings (SSSR count). The van der Waals surface area contributed by atoms with Gasteiger partial charge in [-0.2, -0.15) is 4.98 Å². The molecule has 1 heterocycles. The molecule has 1 aromatic heterocycles. The van der Waals surface area contributed by atoms with Gasteiger partial charge in [0.2, 0.25) is 5.88 Å². The van der Waals surface area contributed by atoms with Crippen LogP contribution in [0.1, 0.15) is 24.6 Å². The van der Waals surface area contributed by atoms with Gasteiger partial charge in [0, 0.05) is 18.1 Å². The first-order valence-electron chi connectivity index (χ1n) is 5.79. The normalized spacial score (nSPS) is 14.5. The smallest absolute Gasteiger partial charge is 0.224 e. The van der Waals surface area contributed by atoms with Crippen LogP contribution in [0.4, 0.5) is 4.39 Å². The summed E-state index contributed by atoms with van der Waals surface area (Å²) < 4.78 is 18.8.